The molecule has 2 nitrogen and oxygen atoms in total. The van der Waals surface area contributed by atoms with E-state index in [1.807, 2.05) is 12.3 Å². The summed E-state index contributed by atoms with van der Waals surface area (Å²) in [7, 11) is 0. The van der Waals surface area contributed by atoms with Gasteiger partial charge in [0.05, 0.1) is 17.9 Å². The van der Waals surface area contributed by atoms with E-state index in [1.165, 1.54) is 12.1 Å². The van der Waals surface area contributed by atoms with E-state index < -0.39 is 11.7 Å². The van der Waals surface area contributed by atoms with Gasteiger partial charge in [-0.15, -0.1) is 0 Å². The lowest BCUT2D eigenvalue weighted by Crippen LogP contribution is -2.10. The van der Waals surface area contributed by atoms with Gasteiger partial charge in [-0.25, -0.2) is 0 Å². The van der Waals surface area contributed by atoms with Crippen LogP contribution in [0.25, 0.3) is 0 Å². The van der Waals surface area contributed by atoms with Gasteiger partial charge in [-0.05, 0) is 30.5 Å². The highest BCUT2D eigenvalue weighted by atomic mass is 32.2. The van der Waals surface area contributed by atoms with Crippen LogP contribution in [0.3, 0.4) is 0 Å². The highest BCUT2D eigenvalue weighted by Gasteiger charge is 2.33. The number of furan rings is 1. The first kappa shape index (κ1) is 14.8. The Morgan fingerprint density at radius 1 is 1.10 bits per heavy atom. The van der Waals surface area contributed by atoms with E-state index in [9.17, 15) is 13.2 Å². The predicted molar refractivity (Wildman–Crippen MR) is 74.7 cm³/mol. The molecule has 0 aliphatic rings. The van der Waals surface area contributed by atoms with E-state index in [2.05, 4.69) is 5.32 Å². The number of nitrogens with one attached hydrogen (secondary N) is 1. The fourth-order valence-corrected chi connectivity index (χ4v) is 2.24. The second kappa shape index (κ2) is 6.26. The van der Waals surface area contributed by atoms with Crippen LogP contribution in [0, 0.1) is 0 Å². The Morgan fingerprint density at radius 2 is 1.80 bits per heavy atom. The van der Waals surface area contributed by atoms with Crippen molar-refractivity contribution >= 4 is 17.4 Å². The van der Waals surface area contributed by atoms with Crippen molar-refractivity contribution < 1.29 is 17.6 Å². The van der Waals surface area contributed by atoms with Crippen molar-refractivity contribution in [3.05, 3.63) is 53.5 Å². The van der Waals surface area contributed by atoms with Crippen LogP contribution < -0.4 is 5.32 Å². The van der Waals surface area contributed by atoms with Crippen LogP contribution in [0.2, 0.25) is 0 Å². The Morgan fingerprint density at radius 3 is 2.50 bits per heavy atom. The molecule has 2 aromatic rings. The van der Waals surface area contributed by atoms with Gasteiger partial charge >= 0.3 is 6.18 Å². The lowest BCUT2D eigenvalue weighted by molar-refractivity contribution is -0.137. The summed E-state index contributed by atoms with van der Waals surface area (Å²) in [6, 6.07) is 9.02. The molecule has 108 valence electrons. The standard InChI is InChI=1S/C14H14F3NOS/c1-20-9-11-7-6-10(19-11)8-18-13-5-3-2-4-12(13)14(15,16)17/h2-7,18H,8-9H2,1H3. The van der Waals surface area contributed by atoms with Crippen LogP contribution >= 0.6 is 11.8 Å². The van der Waals surface area contributed by atoms with E-state index in [-0.39, 0.29) is 12.2 Å². The van der Waals surface area contributed by atoms with Gasteiger partial charge in [0, 0.05) is 5.69 Å². The maximum Gasteiger partial charge on any atom is 0.418 e. The average Bonchev–Trinajstić information content (AvgIpc) is 2.84. The van der Waals surface area contributed by atoms with Crippen molar-refractivity contribution in [2.24, 2.45) is 0 Å². The van der Waals surface area contributed by atoms with Crippen molar-refractivity contribution in [3.63, 3.8) is 0 Å². The maximum absolute atomic E-state index is 12.8. The van der Waals surface area contributed by atoms with Gasteiger partial charge in [-0.3, -0.25) is 0 Å². The largest absolute Gasteiger partial charge is 0.463 e. The van der Waals surface area contributed by atoms with Crippen LogP contribution in [0.15, 0.2) is 40.8 Å². The van der Waals surface area contributed by atoms with E-state index in [0.29, 0.717) is 5.76 Å². The molecule has 2 rings (SSSR count). The second-order valence-electron chi connectivity index (χ2n) is 4.20. The predicted octanol–water partition coefficient (Wildman–Crippen LogP) is 4.77. The smallest absolute Gasteiger partial charge is 0.418 e. The minimum absolute atomic E-state index is 0.0582. The summed E-state index contributed by atoms with van der Waals surface area (Å²) in [4.78, 5) is 0. The van der Waals surface area contributed by atoms with Gasteiger partial charge in [0.1, 0.15) is 11.5 Å². The van der Waals surface area contributed by atoms with Crippen molar-refractivity contribution in [2.45, 2.75) is 18.5 Å². The second-order valence-corrected chi connectivity index (χ2v) is 5.06. The normalized spacial score (nSPS) is 11.6. The summed E-state index contributed by atoms with van der Waals surface area (Å²) < 4.78 is 43.9. The van der Waals surface area contributed by atoms with Gasteiger partial charge < -0.3 is 9.73 Å². The fourth-order valence-electron chi connectivity index (χ4n) is 1.80. The number of hydrogen-bond acceptors (Lipinski definition) is 3. The van der Waals surface area contributed by atoms with Gasteiger partial charge in [0.2, 0.25) is 0 Å². The molecule has 6 heteroatoms. The molecular formula is C14H14F3NOS. The first-order valence-electron chi connectivity index (χ1n) is 5.97. The number of anilines is 1. The summed E-state index contributed by atoms with van der Waals surface area (Å²) in [5.41, 5.74) is -0.612. The molecule has 0 aliphatic heterocycles. The number of benzene rings is 1. The molecule has 1 N–H and O–H groups in total. The lowest BCUT2D eigenvalue weighted by Gasteiger charge is -2.13. The number of para-hydroxylation sites is 1. The molecule has 0 aliphatic carbocycles. The molecule has 0 bridgehead atoms. The molecule has 0 amide bonds. The Hall–Kier alpha value is -1.56. The van der Waals surface area contributed by atoms with Crippen LogP contribution in [0.5, 0.6) is 0 Å². The Balaban J connectivity index is 2.07. The zero-order chi connectivity index (χ0) is 14.6. The molecule has 0 radical (unpaired) electrons. The topological polar surface area (TPSA) is 25.2 Å². The molecule has 0 fully saturated rings. The van der Waals surface area contributed by atoms with Crippen molar-refractivity contribution in [2.75, 3.05) is 11.6 Å². The third-order valence-electron chi connectivity index (χ3n) is 2.69. The number of hydrogen-bond donors (Lipinski definition) is 1. The van der Waals surface area contributed by atoms with Crippen molar-refractivity contribution in [3.8, 4) is 0 Å². The monoisotopic (exact) mass is 301 g/mol. The summed E-state index contributed by atoms with van der Waals surface area (Å²) in [6.07, 6.45) is -2.41. The lowest BCUT2D eigenvalue weighted by atomic mass is 10.1. The molecule has 1 heterocycles. The minimum atomic E-state index is -4.36. The van der Waals surface area contributed by atoms with Crippen LogP contribution in [-0.2, 0) is 18.5 Å². The quantitative estimate of drug-likeness (QED) is 0.861. The third kappa shape index (κ3) is 3.72. The van der Waals surface area contributed by atoms with E-state index in [4.69, 9.17) is 4.42 Å². The zero-order valence-corrected chi connectivity index (χ0v) is 11.6. The van der Waals surface area contributed by atoms with Crippen LogP contribution in [0.1, 0.15) is 17.1 Å². The minimum Gasteiger partial charge on any atom is -0.463 e. The first-order chi connectivity index (χ1) is 9.50. The summed E-state index contributed by atoms with van der Waals surface area (Å²) in [6.45, 7) is 0.224. The molecule has 20 heavy (non-hydrogen) atoms. The molecule has 0 atom stereocenters. The Kier molecular flexibility index (Phi) is 4.65. The highest BCUT2D eigenvalue weighted by Crippen LogP contribution is 2.34. The fraction of sp³-hybridized carbons (Fsp3) is 0.286. The molecule has 0 saturated heterocycles. The number of alkyl halides is 3. The van der Waals surface area contributed by atoms with Crippen LogP contribution in [-0.4, -0.2) is 6.26 Å². The summed E-state index contributed by atoms with van der Waals surface area (Å²) >= 11 is 1.63. The number of thioether (sulfide) groups is 1. The Bertz CT molecular complexity index is 566. The van der Waals surface area contributed by atoms with Gasteiger partial charge in [-0.1, -0.05) is 12.1 Å². The van der Waals surface area contributed by atoms with Gasteiger partial charge in [0.15, 0.2) is 0 Å². The summed E-state index contributed by atoms with van der Waals surface area (Å²) in [5.74, 6) is 2.18. The van der Waals surface area contributed by atoms with Crippen molar-refractivity contribution in [1.82, 2.24) is 0 Å². The zero-order valence-electron chi connectivity index (χ0n) is 10.8. The average molecular weight is 301 g/mol. The molecule has 1 aromatic heterocycles. The molecule has 0 saturated carbocycles. The molecule has 0 unspecified atom stereocenters. The molecular weight excluding hydrogens is 287 g/mol. The molecule has 1 aromatic carbocycles. The van der Waals surface area contributed by atoms with Gasteiger partial charge in [-0.2, -0.15) is 24.9 Å². The van der Waals surface area contributed by atoms with Crippen LogP contribution in [0.4, 0.5) is 18.9 Å². The third-order valence-corrected chi connectivity index (χ3v) is 3.26. The Labute approximate surface area is 119 Å². The number of halogens is 3. The molecule has 0 spiro atoms. The first-order valence-corrected chi connectivity index (χ1v) is 7.36. The van der Waals surface area contributed by atoms with E-state index in [1.54, 1.807) is 23.9 Å². The van der Waals surface area contributed by atoms with E-state index in [0.717, 1.165) is 17.6 Å². The number of rotatable bonds is 5. The van der Waals surface area contributed by atoms with E-state index >= 15 is 0 Å². The SMILES string of the molecule is CSCc1ccc(CNc2ccccc2C(F)(F)F)o1. The summed E-state index contributed by atoms with van der Waals surface area (Å²) in [5, 5.41) is 2.77. The maximum atomic E-state index is 12.8. The van der Waals surface area contributed by atoms with Crippen molar-refractivity contribution in [1.29, 1.82) is 0 Å². The highest BCUT2D eigenvalue weighted by molar-refractivity contribution is 7.97. The van der Waals surface area contributed by atoms with Gasteiger partial charge in [0.25, 0.3) is 0 Å².